The van der Waals surface area contributed by atoms with Crippen molar-refractivity contribution in [2.75, 3.05) is 13.7 Å². The van der Waals surface area contributed by atoms with Crippen LogP contribution >= 0.6 is 0 Å². The smallest absolute Gasteiger partial charge is 0.387 e. The zero-order valence-electron chi connectivity index (χ0n) is 14.3. The third kappa shape index (κ3) is 6.14. The molecule has 0 aliphatic carbocycles. The number of carbonyl (C=O) groups is 2. The number of amides is 1. The van der Waals surface area contributed by atoms with E-state index in [1.165, 1.54) is 49.6 Å². The SMILES string of the molecule is COc1cc(CNC(=O)COC(=O)c2ccc(O)cc2)ccc1OC(F)F. The Morgan fingerprint density at radius 2 is 1.81 bits per heavy atom. The summed E-state index contributed by atoms with van der Waals surface area (Å²) in [6.45, 7) is -3.41. The molecule has 9 heteroatoms. The minimum Gasteiger partial charge on any atom is -0.508 e. The Labute approximate surface area is 153 Å². The first-order chi connectivity index (χ1) is 12.9. The van der Waals surface area contributed by atoms with Gasteiger partial charge in [-0.2, -0.15) is 8.78 Å². The molecule has 2 rings (SSSR count). The fourth-order valence-electron chi connectivity index (χ4n) is 2.08. The van der Waals surface area contributed by atoms with Gasteiger partial charge in [-0.3, -0.25) is 4.79 Å². The molecule has 0 unspecified atom stereocenters. The summed E-state index contributed by atoms with van der Waals surface area (Å²) in [5.74, 6) is -1.27. The second-order valence-electron chi connectivity index (χ2n) is 5.26. The number of aromatic hydroxyl groups is 1. The normalized spacial score (nSPS) is 10.4. The summed E-state index contributed by atoms with van der Waals surface area (Å²) < 4.78 is 38.7. The fraction of sp³-hybridized carbons (Fsp3) is 0.222. The van der Waals surface area contributed by atoms with Gasteiger partial charge in [0.05, 0.1) is 12.7 Å². The van der Waals surface area contributed by atoms with Crippen LogP contribution in [0.2, 0.25) is 0 Å². The summed E-state index contributed by atoms with van der Waals surface area (Å²) in [5.41, 5.74) is 0.770. The molecule has 2 N–H and O–H groups in total. The number of rotatable bonds is 8. The summed E-state index contributed by atoms with van der Waals surface area (Å²) >= 11 is 0. The number of ether oxygens (including phenoxy) is 3. The molecule has 0 aromatic heterocycles. The van der Waals surface area contributed by atoms with Crippen molar-refractivity contribution in [3.8, 4) is 17.2 Å². The molecule has 0 atom stereocenters. The lowest BCUT2D eigenvalue weighted by Crippen LogP contribution is -2.28. The Morgan fingerprint density at radius 1 is 1.11 bits per heavy atom. The molecule has 1 amide bonds. The number of alkyl halides is 2. The standard InChI is InChI=1S/C18H17F2NO6/c1-25-15-8-11(2-7-14(15)27-18(19)20)9-21-16(23)10-26-17(24)12-3-5-13(22)6-4-12/h2-8,18,22H,9-10H2,1H3,(H,21,23). The lowest BCUT2D eigenvalue weighted by atomic mass is 10.2. The highest BCUT2D eigenvalue weighted by Gasteiger charge is 2.13. The Morgan fingerprint density at radius 3 is 2.44 bits per heavy atom. The molecule has 2 aromatic carbocycles. The third-order valence-electron chi connectivity index (χ3n) is 3.37. The number of hydrogen-bond donors (Lipinski definition) is 2. The molecule has 27 heavy (non-hydrogen) atoms. The highest BCUT2D eigenvalue weighted by molar-refractivity contribution is 5.91. The summed E-state index contributed by atoms with van der Waals surface area (Å²) in [5, 5.41) is 11.7. The van der Waals surface area contributed by atoms with Crippen molar-refractivity contribution in [1.82, 2.24) is 5.32 Å². The van der Waals surface area contributed by atoms with Gasteiger partial charge in [0.1, 0.15) is 5.75 Å². The zero-order chi connectivity index (χ0) is 19.8. The van der Waals surface area contributed by atoms with E-state index >= 15 is 0 Å². The van der Waals surface area contributed by atoms with Crippen molar-refractivity contribution in [2.24, 2.45) is 0 Å². The molecule has 0 bridgehead atoms. The fourth-order valence-corrected chi connectivity index (χ4v) is 2.08. The highest BCUT2D eigenvalue weighted by atomic mass is 19.3. The summed E-state index contributed by atoms with van der Waals surface area (Å²) in [6.07, 6.45) is 0. The molecule has 144 valence electrons. The van der Waals surface area contributed by atoms with Crippen LogP contribution in [0.1, 0.15) is 15.9 Å². The van der Waals surface area contributed by atoms with Gasteiger partial charge in [0.2, 0.25) is 0 Å². The van der Waals surface area contributed by atoms with Crippen molar-refractivity contribution in [3.63, 3.8) is 0 Å². The molecular formula is C18H17F2NO6. The van der Waals surface area contributed by atoms with E-state index in [9.17, 15) is 18.4 Å². The molecule has 0 aliphatic heterocycles. The summed E-state index contributed by atoms with van der Waals surface area (Å²) in [7, 11) is 1.30. The van der Waals surface area contributed by atoms with E-state index in [-0.39, 0.29) is 29.4 Å². The van der Waals surface area contributed by atoms with Crippen molar-refractivity contribution >= 4 is 11.9 Å². The minimum absolute atomic E-state index is 0.00434. The van der Waals surface area contributed by atoms with Crippen molar-refractivity contribution in [1.29, 1.82) is 0 Å². The van der Waals surface area contributed by atoms with Gasteiger partial charge in [0, 0.05) is 6.54 Å². The molecule has 2 aromatic rings. The predicted octanol–water partition coefficient (Wildman–Crippen LogP) is 2.48. The molecule has 0 saturated carbocycles. The van der Waals surface area contributed by atoms with Crippen LogP contribution in [0.5, 0.6) is 17.2 Å². The molecule has 0 fully saturated rings. The second kappa shape index (κ2) is 9.37. The largest absolute Gasteiger partial charge is 0.508 e. The number of phenolic OH excluding ortho intramolecular Hbond substituents is 1. The number of benzene rings is 2. The monoisotopic (exact) mass is 381 g/mol. The van der Waals surface area contributed by atoms with Gasteiger partial charge in [-0.25, -0.2) is 4.79 Å². The molecular weight excluding hydrogens is 364 g/mol. The molecule has 0 aliphatic rings. The quantitative estimate of drug-likeness (QED) is 0.683. The lowest BCUT2D eigenvalue weighted by molar-refractivity contribution is -0.124. The van der Waals surface area contributed by atoms with Crippen molar-refractivity contribution in [3.05, 3.63) is 53.6 Å². The van der Waals surface area contributed by atoms with Gasteiger partial charge in [0.15, 0.2) is 18.1 Å². The van der Waals surface area contributed by atoms with Gasteiger partial charge in [0.25, 0.3) is 5.91 Å². The van der Waals surface area contributed by atoms with Crippen LogP contribution in [-0.2, 0) is 16.1 Å². The average molecular weight is 381 g/mol. The average Bonchev–Trinajstić information content (AvgIpc) is 2.65. The van der Waals surface area contributed by atoms with E-state index in [0.717, 1.165) is 0 Å². The van der Waals surface area contributed by atoms with E-state index in [0.29, 0.717) is 5.56 Å². The molecule has 0 spiro atoms. The van der Waals surface area contributed by atoms with E-state index < -0.39 is 25.1 Å². The van der Waals surface area contributed by atoms with E-state index in [2.05, 4.69) is 10.1 Å². The van der Waals surface area contributed by atoms with Crippen LogP contribution in [0.25, 0.3) is 0 Å². The second-order valence-corrected chi connectivity index (χ2v) is 5.26. The van der Waals surface area contributed by atoms with E-state index in [1.54, 1.807) is 0 Å². The predicted molar refractivity (Wildman–Crippen MR) is 89.9 cm³/mol. The number of phenols is 1. The lowest BCUT2D eigenvalue weighted by Gasteiger charge is -2.12. The van der Waals surface area contributed by atoms with Crippen LogP contribution < -0.4 is 14.8 Å². The Bertz CT molecular complexity index is 795. The number of hydrogen-bond acceptors (Lipinski definition) is 6. The topological polar surface area (TPSA) is 94.1 Å². The first-order valence-electron chi connectivity index (χ1n) is 7.73. The molecule has 0 heterocycles. The molecule has 7 nitrogen and oxygen atoms in total. The Hall–Kier alpha value is -3.36. The van der Waals surface area contributed by atoms with Crippen molar-refractivity contribution < 1.29 is 37.7 Å². The van der Waals surface area contributed by atoms with Gasteiger partial charge in [-0.1, -0.05) is 6.07 Å². The zero-order valence-corrected chi connectivity index (χ0v) is 14.3. The number of halogens is 2. The van der Waals surface area contributed by atoms with Gasteiger partial charge in [-0.05, 0) is 42.0 Å². The molecule has 0 saturated heterocycles. The van der Waals surface area contributed by atoms with Gasteiger partial charge in [-0.15, -0.1) is 0 Å². The first-order valence-corrected chi connectivity index (χ1v) is 7.73. The third-order valence-corrected chi connectivity index (χ3v) is 3.37. The summed E-state index contributed by atoms with van der Waals surface area (Å²) in [6, 6.07) is 9.62. The maximum Gasteiger partial charge on any atom is 0.387 e. The maximum atomic E-state index is 12.3. The number of nitrogens with one attached hydrogen (secondary N) is 1. The number of carbonyl (C=O) groups excluding carboxylic acids is 2. The maximum absolute atomic E-state index is 12.3. The first kappa shape index (κ1) is 20.0. The van der Waals surface area contributed by atoms with Crippen LogP contribution in [0.3, 0.4) is 0 Å². The number of esters is 1. The Balaban J connectivity index is 1.84. The van der Waals surface area contributed by atoms with E-state index in [1.807, 2.05) is 0 Å². The van der Waals surface area contributed by atoms with Crippen LogP contribution in [0.15, 0.2) is 42.5 Å². The van der Waals surface area contributed by atoms with Gasteiger partial charge < -0.3 is 24.6 Å². The van der Waals surface area contributed by atoms with Crippen LogP contribution in [0.4, 0.5) is 8.78 Å². The molecule has 0 radical (unpaired) electrons. The van der Waals surface area contributed by atoms with Crippen LogP contribution in [-0.4, -0.2) is 37.3 Å². The van der Waals surface area contributed by atoms with Crippen LogP contribution in [0, 0.1) is 0 Å². The van der Waals surface area contributed by atoms with Gasteiger partial charge >= 0.3 is 12.6 Å². The Kier molecular flexibility index (Phi) is 6.93. The van der Waals surface area contributed by atoms with Crippen molar-refractivity contribution in [2.45, 2.75) is 13.2 Å². The highest BCUT2D eigenvalue weighted by Crippen LogP contribution is 2.29. The summed E-state index contributed by atoms with van der Waals surface area (Å²) in [4.78, 5) is 23.6. The minimum atomic E-state index is -2.98. The van der Waals surface area contributed by atoms with E-state index in [4.69, 9.17) is 14.6 Å². The number of methoxy groups -OCH3 is 1.